The molecular weight excluding hydrogens is 772 g/mol. The highest BCUT2D eigenvalue weighted by Crippen LogP contribution is 2.47. The van der Waals surface area contributed by atoms with Crippen molar-refractivity contribution in [2.45, 2.75) is 50.6 Å². The number of fused-ring (bicyclic) bond motifs is 2. The molecule has 3 aliphatic rings. The Labute approximate surface area is 337 Å². The van der Waals surface area contributed by atoms with E-state index in [0.29, 0.717) is 58.7 Å². The molecule has 2 atom stereocenters. The molecule has 0 saturated carbocycles. The number of alkyl halides is 2. The Morgan fingerprint density at radius 3 is 2.48 bits per heavy atom. The molecule has 0 unspecified atom stereocenters. The van der Waals surface area contributed by atoms with Crippen LogP contribution in [-0.2, 0) is 25.3 Å². The number of aryl methyl sites for hydroxylation is 2. The molecule has 2 saturated heterocycles. The van der Waals surface area contributed by atoms with Crippen molar-refractivity contribution in [1.29, 1.82) is 0 Å². The quantitative estimate of drug-likeness (QED) is 0.175. The van der Waals surface area contributed by atoms with E-state index in [-0.39, 0.29) is 34.5 Å². The highest BCUT2D eigenvalue weighted by Gasteiger charge is 2.46. The van der Waals surface area contributed by atoms with E-state index in [9.17, 15) is 23.2 Å². The van der Waals surface area contributed by atoms with E-state index < -0.39 is 23.5 Å². The summed E-state index contributed by atoms with van der Waals surface area (Å²) < 4.78 is 41.0. The lowest BCUT2D eigenvalue weighted by Gasteiger charge is -2.40. The van der Waals surface area contributed by atoms with Gasteiger partial charge in [-0.3, -0.25) is 18.8 Å². The van der Waals surface area contributed by atoms with Crippen molar-refractivity contribution in [2.24, 2.45) is 14.1 Å². The van der Waals surface area contributed by atoms with Crippen LogP contribution in [0.2, 0.25) is 5.02 Å². The zero-order valence-corrected chi connectivity index (χ0v) is 33.6. The summed E-state index contributed by atoms with van der Waals surface area (Å²) in [5, 5.41) is 6.76. The molecular formula is C41H44ClF2N9O5. The molecule has 14 nitrogen and oxygen atoms in total. The van der Waals surface area contributed by atoms with E-state index in [1.807, 2.05) is 36.1 Å². The number of anilines is 2. The van der Waals surface area contributed by atoms with Gasteiger partial charge in [-0.1, -0.05) is 41.9 Å². The maximum absolute atomic E-state index is 14.0. The van der Waals surface area contributed by atoms with Crippen LogP contribution < -0.4 is 26.6 Å². The van der Waals surface area contributed by atoms with Crippen molar-refractivity contribution in [3.05, 3.63) is 90.8 Å². The molecule has 2 amide bonds. The molecule has 0 bridgehead atoms. The average molecular weight is 816 g/mol. The predicted molar refractivity (Wildman–Crippen MR) is 216 cm³/mol. The van der Waals surface area contributed by atoms with Crippen molar-refractivity contribution in [3.63, 3.8) is 0 Å². The fourth-order valence-corrected chi connectivity index (χ4v) is 9.07. The average Bonchev–Trinajstić information content (AvgIpc) is 3.83. The van der Waals surface area contributed by atoms with Gasteiger partial charge < -0.3 is 25.0 Å². The maximum Gasteiger partial charge on any atom is 0.332 e. The van der Waals surface area contributed by atoms with Gasteiger partial charge in [0.2, 0.25) is 5.88 Å². The van der Waals surface area contributed by atoms with Crippen LogP contribution >= 0.6 is 11.6 Å². The lowest BCUT2D eigenvalue weighted by Crippen LogP contribution is -2.61. The minimum Gasteiger partial charge on any atom is -0.481 e. The Kier molecular flexibility index (Phi) is 10.4. The maximum atomic E-state index is 14.0. The van der Waals surface area contributed by atoms with Crippen LogP contribution in [-0.4, -0.2) is 92.5 Å². The second-order valence-electron chi connectivity index (χ2n) is 15.2. The number of ether oxygens (including phenoxy) is 2. The van der Waals surface area contributed by atoms with Crippen LogP contribution in [0, 0.1) is 6.92 Å². The fourth-order valence-electron chi connectivity index (χ4n) is 8.74. The topological polar surface area (TPSA) is 149 Å². The number of hydrogen-bond acceptors (Lipinski definition) is 10. The molecule has 58 heavy (non-hydrogen) atoms. The first-order valence-corrected chi connectivity index (χ1v) is 19.5. The molecule has 2 fully saturated rings. The van der Waals surface area contributed by atoms with Crippen LogP contribution in [0.5, 0.6) is 5.88 Å². The third-order valence-corrected chi connectivity index (χ3v) is 12.3. The van der Waals surface area contributed by atoms with E-state index in [4.69, 9.17) is 26.1 Å². The van der Waals surface area contributed by atoms with Crippen LogP contribution in [0.1, 0.15) is 54.2 Å². The van der Waals surface area contributed by atoms with Crippen molar-refractivity contribution < 1.29 is 23.0 Å². The fraction of sp³-hybridized carbons (Fsp3) is 0.415. The minimum atomic E-state index is -3.05. The van der Waals surface area contributed by atoms with E-state index in [1.54, 1.807) is 26.4 Å². The summed E-state index contributed by atoms with van der Waals surface area (Å²) in [5.74, 6) is -0.428. The number of aromatic nitrogens is 5. The number of rotatable bonds is 10. The van der Waals surface area contributed by atoms with E-state index in [0.717, 1.165) is 64.6 Å². The molecule has 5 heterocycles. The Hall–Kier alpha value is -5.45. The first-order valence-electron chi connectivity index (χ1n) is 19.1. The van der Waals surface area contributed by atoms with Gasteiger partial charge in [0, 0.05) is 75.8 Å². The number of hydrogen-bond donors (Lipinski definition) is 2. The first kappa shape index (κ1) is 39.4. The molecule has 304 valence electrons. The standard InChI is InChI=1S/C41H44ClF2N9O5/c1-22-24(8-7-11-27(22)45-34-31-36(48-35(47-34)33(43)44)50(2)40(56)51(3)38(31)54)25-9-6-10-26(32(25)42)28-20-23-12-13-29(30(23)37(46-28)58-5)53-17-15-41(21-53)14-16-52(18-19-57-4)39(55)49-41/h6-11,20,29,33H,12-19,21H2,1-5H3,(H,49,55)(H,45,47,48)/t29-,41+/m1/s1. The SMILES string of the molecule is COCCN1CC[C@@]2(CCN([C@@H]3CCc4cc(-c5cccc(-c6cccc(Nc7nc(C(F)F)nc8c7c(=O)n(C)c(=O)n8C)c6C)c5Cl)nc(OC)c43)C2)NC1=O. The number of likely N-dealkylation sites (tertiary alicyclic amines) is 1. The number of amides is 2. The monoisotopic (exact) mass is 815 g/mol. The zero-order chi connectivity index (χ0) is 41.0. The van der Waals surface area contributed by atoms with Gasteiger partial charge in [0.25, 0.3) is 12.0 Å². The number of nitrogens with one attached hydrogen (secondary N) is 2. The highest BCUT2D eigenvalue weighted by atomic mass is 35.5. The van der Waals surface area contributed by atoms with Crippen molar-refractivity contribution in [1.82, 2.24) is 39.2 Å². The number of carbonyl (C=O) groups is 1. The smallest absolute Gasteiger partial charge is 0.332 e. The van der Waals surface area contributed by atoms with E-state index in [2.05, 4.69) is 31.6 Å². The summed E-state index contributed by atoms with van der Waals surface area (Å²) in [6, 6.07) is 13.3. The van der Waals surface area contributed by atoms with Crippen LogP contribution in [0.25, 0.3) is 33.4 Å². The van der Waals surface area contributed by atoms with E-state index >= 15 is 0 Å². The molecule has 8 rings (SSSR count). The molecule has 1 spiro atoms. The summed E-state index contributed by atoms with van der Waals surface area (Å²) in [7, 11) is 5.93. The lowest BCUT2D eigenvalue weighted by atomic mass is 9.92. The van der Waals surface area contributed by atoms with Crippen LogP contribution in [0.3, 0.4) is 0 Å². The summed E-state index contributed by atoms with van der Waals surface area (Å²) >= 11 is 7.24. The third-order valence-electron chi connectivity index (χ3n) is 11.9. The van der Waals surface area contributed by atoms with Gasteiger partial charge in [-0.15, -0.1) is 0 Å². The summed E-state index contributed by atoms with van der Waals surface area (Å²) in [6.45, 7) is 5.23. The number of nitrogens with zero attached hydrogens (tertiary/aromatic N) is 7. The normalized spacial score (nSPS) is 19.4. The molecule has 17 heteroatoms. The molecule has 1 aliphatic carbocycles. The number of carbonyl (C=O) groups excluding carboxylic acids is 1. The summed E-state index contributed by atoms with van der Waals surface area (Å²) in [5.41, 5.74) is 4.32. The Balaban J connectivity index is 1.09. The Morgan fingerprint density at radius 2 is 1.74 bits per heavy atom. The van der Waals surface area contributed by atoms with Gasteiger partial charge in [0.05, 0.1) is 30.0 Å². The Bertz CT molecular complexity index is 2580. The van der Waals surface area contributed by atoms with E-state index in [1.165, 1.54) is 14.1 Å². The van der Waals surface area contributed by atoms with Gasteiger partial charge in [0.1, 0.15) is 11.2 Å². The van der Waals surface area contributed by atoms with Crippen molar-refractivity contribution >= 4 is 40.2 Å². The molecule has 0 radical (unpaired) electrons. The lowest BCUT2D eigenvalue weighted by molar-refractivity contribution is 0.114. The highest BCUT2D eigenvalue weighted by molar-refractivity contribution is 6.36. The second kappa shape index (κ2) is 15.4. The predicted octanol–water partition coefficient (Wildman–Crippen LogP) is 5.90. The van der Waals surface area contributed by atoms with Crippen LogP contribution in [0.15, 0.2) is 52.1 Å². The van der Waals surface area contributed by atoms with Gasteiger partial charge in [-0.2, -0.15) is 0 Å². The number of pyridine rings is 1. The van der Waals surface area contributed by atoms with Crippen LogP contribution in [0.4, 0.5) is 25.1 Å². The first-order chi connectivity index (χ1) is 27.8. The summed E-state index contributed by atoms with van der Waals surface area (Å²) in [4.78, 5) is 56.1. The van der Waals surface area contributed by atoms with Gasteiger partial charge >= 0.3 is 11.7 Å². The summed E-state index contributed by atoms with van der Waals surface area (Å²) in [6.07, 6.45) is 0.433. The number of methoxy groups -OCH3 is 2. The van der Waals surface area contributed by atoms with Gasteiger partial charge in [-0.25, -0.2) is 33.3 Å². The molecule has 2 aliphatic heterocycles. The van der Waals surface area contributed by atoms with Gasteiger partial charge in [0.15, 0.2) is 11.5 Å². The number of halogens is 3. The largest absolute Gasteiger partial charge is 0.481 e. The second-order valence-corrected chi connectivity index (χ2v) is 15.6. The van der Waals surface area contributed by atoms with Crippen molar-refractivity contribution in [2.75, 3.05) is 52.3 Å². The van der Waals surface area contributed by atoms with Crippen molar-refractivity contribution in [3.8, 4) is 28.3 Å². The number of urea groups is 1. The molecule has 3 aromatic heterocycles. The van der Waals surface area contributed by atoms with Gasteiger partial charge in [-0.05, 0) is 61.4 Å². The molecule has 5 aromatic rings. The zero-order valence-electron chi connectivity index (χ0n) is 32.9. The molecule has 2 N–H and O–H groups in total. The number of benzene rings is 2. The molecule has 2 aromatic carbocycles. The third kappa shape index (κ3) is 6.75. The minimum absolute atomic E-state index is 0.0396. The Morgan fingerprint density at radius 1 is 1.00 bits per heavy atom.